The van der Waals surface area contributed by atoms with Crippen molar-refractivity contribution in [1.29, 1.82) is 5.26 Å². The average Bonchev–Trinajstić information content (AvgIpc) is 3.11. The molecule has 0 aliphatic heterocycles. The third-order valence-electron chi connectivity index (χ3n) is 5.28. The Morgan fingerprint density at radius 3 is 2.63 bits per heavy atom. The van der Waals surface area contributed by atoms with Crippen LogP contribution in [0.25, 0.3) is 0 Å². The summed E-state index contributed by atoms with van der Waals surface area (Å²) in [5, 5.41) is 20.9. The lowest BCUT2D eigenvalue weighted by Crippen LogP contribution is -2.49. The molecule has 160 valence electrons. The first-order valence-electron chi connectivity index (χ1n) is 10.2. The number of nitrogens with two attached hydrogens (primary N) is 1. The van der Waals surface area contributed by atoms with Crippen LogP contribution in [0.2, 0.25) is 0 Å². The molecule has 30 heavy (non-hydrogen) atoms. The summed E-state index contributed by atoms with van der Waals surface area (Å²) in [7, 11) is 0. The van der Waals surface area contributed by atoms with E-state index in [2.05, 4.69) is 35.4 Å². The van der Waals surface area contributed by atoms with Gasteiger partial charge >= 0.3 is 0 Å². The maximum atomic E-state index is 12.3. The summed E-state index contributed by atoms with van der Waals surface area (Å²) >= 11 is 1.19. The zero-order valence-corrected chi connectivity index (χ0v) is 18.2. The molecule has 0 bridgehead atoms. The molecule has 3 N–H and O–H groups in total. The zero-order valence-electron chi connectivity index (χ0n) is 17.4. The Hall–Kier alpha value is -2.73. The summed E-state index contributed by atoms with van der Waals surface area (Å²) in [6.07, 6.45) is 4.43. The Kier molecular flexibility index (Phi) is 7.21. The van der Waals surface area contributed by atoms with Crippen LogP contribution in [0.15, 0.2) is 29.4 Å². The van der Waals surface area contributed by atoms with Crippen LogP contribution in [0, 0.1) is 11.3 Å². The number of nitrogens with one attached hydrogen (secondary N) is 1. The molecule has 2 aromatic rings. The van der Waals surface area contributed by atoms with Gasteiger partial charge in [-0.25, -0.2) is 4.68 Å². The molecule has 3 rings (SSSR count). The molecule has 0 unspecified atom stereocenters. The van der Waals surface area contributed by atoms with E-state index in [1.807, 2.05) is 24.3 Å². The Morgan fingerprint density at radius 2 is 2.00 bits per heavy atom. The molecule has 1 aromatic heterocycles. The molecule has 0 spiro atoms. The quantitative estimate of drug-likeness (QED) is 0.490. The number of hydrogen-bond acceptors (Lipinski definition) is 7. The molecule has 1 heterocycles. The van der Waals surface area contributed by atoms with Crippen molar-refractivity contribution in [2.45, 2.75) is 69.2 Å². The summed E-state index contributed by atoms with van der Waals surface area (Å²) in [6.45, 7) is 4.46. The highest BCUT2D eigenvalue weighted by Crippen LogP contribution is 2.28. The first kappa shape index (κ1) is 22.0. The lowest BCUT2D eigenvalue weighted by Gasteiger charge is -2.31. The molecule has 1 saturated carbocycles. The van der Waals surface area contributed by atoms with Gasteiger partial charge in [-0.2, -0.15) is 5.26 Å². The molecule has 0 atom stereocenters. The first-order chi connectivity index (χ1) is 14.4. The number of benzene rings is 1. The minimum atomic E-state index is -0.740. The minimum Gasteiger partial charge on any atom is -0.486 e. The van der Waals surface area contributed by atoms with Gasteiger partial charge in [0.05, 0.1) is 11.8 Å². The number of nitrogen functional groups attached to an aromatic ring is 1. The highest BCUT2D eigenvalue weighted by atomic mass is 32.2. The second kappa shape index (κ2) is 9.85. The maximum absolute atomic E-state index is 12.3. The van der Waals surface area contributed by atoms with E-state index in [0.29, 0.717) is 29.7 Å². The van der Waals surface area contributed by atoms with E-state index in [0.717, 1.165) is 25.0 Å². The number of nitriles is 1. The van der Waals surface area contributed by atoms with E-state index in [-0.39, 0.29) is 18.3 Å². The van der Waals surface area contributed by atoms with Gasteiger partial charge < -0.3 is 15.9 Å². The van der Waals surface area contributed by atoms with Crippen molar-refractivity contribution in [2.75, 3.05) is 11.6 Å². The molecular formula is C21H28N6O2S. The van der Waals surface area contributed by atoms with Crippen LogP contribution in [0.3, 0.4) is 0 Å². The SMILES string of the molecule is CC(C)c1ccc(OCc2nnc(SCC(=O)NC3(C#N)CCCCC3)n2N)cc1. The van der Waals surface area contributed by atoms with Crippen molar-refractivity contribution in [3.8, 4) is 11.8 Å². The number of nitrogens with zero attached hydrogens (tertiary/aromatic N) is 4. The van der Waals surface area contributed by atoms with Crippen molar-refractivity contribution >= 4 is 17.7 Å². The lowest BCUT2D eigenvalue weighted by molar-refractivity contribution is -0.120. The summed E-state index contributed by atoms with van der Waals surface area (Å²) in [6, 6.07) is 10.2. The summed E-state index contributed by atoms with van der Waals surface area (Å²) in [4.78, 5) is 12.3. The number of ether oxygens (including phenoxy) is 1. The van der Waals surface area contributed by atoms with Crippen LogP contribution in [-0.4, -0.2) is 32.1 Å². The number of aromatic nitrogens is 3. The molecule has 0 saturated heterocycles. The van der Waals surface area contributed by atoms with Crippen LogP contribution in [0.1, 0.15) is 63.3 Å². The normalized spacial score (nSPS) is 15.5. The Morgan fingerprint density at radius 1 is 1.30 bits per heavy atom. The van der Waals surface area contributed by atoms with Crippen LogP contribution in [0.5, 0.6) is 5.75 Å². The number of carbonyl (C=O) groups excluding carboxylic acids is 1. The third-order valence-corrected chi connectivity index (χ3v) is 6.23. The molecule has 1 aromatic carbocycles. The predicted molar refractivity (Wildman–Crippen MR) is 115 cm³/mol. The molecule has 0 radical (unpaired) electrons. The van der Waals surface area contributed by atoms with Crippen molar-refractivity contribution in [3.63, 3.8) is 0 Å². The molecule has 1 amide bonds. The molecule has 9 heteroatoms. The van der Waals surface area contributed by atoms with E-state index in [4.69, 9.17) is 10.6 Å². The van der Waals surface area contributed by atoms with Gasteiger partial charge in [-0.1, -0.05) is 57.0 Å². The maximum Gasteiger partial charge on any atom is 0.231 e. The number of thioether (sulfide) groups is 1. The second-order valence-electron chi connectivity index (χ2n) is 7.87. The molecular weight excluding hydrogens is 400 g/mol. The van der Waals surface area contributed by atoms with E-state index < -0.39 is 5.54 Å². The first-order valence-corrected chi connectivity index (χ1v) is 11.2. The van der Waals surface area contributed by atoms with E-state index in [1.165, 1.54) is 22.0 Å². The zero-order chi connectivity index (χ0) is 21.6. The van der Waals surface area contributed by atoms with Gasteiger partial charge in [-0.05, 0) is 36.5 Å². The van der Waals surface area contributed by atoms with Gasteiger partial charge in [0, 0.05) is 0 Å². The van der Waals surface area contributed by atoms with Crippen molar-refractivity contribution in [1.82, 2.24) is 20.2 Å². The predicted octanol–water partition coefficient (Wildman–Crippen LogP) is 3.13. The van der Waals surface area contributed by atoms with Gasteiger partial charge in [-0.15, -0.1) is 10.2 Å². The fourth-order valence-corrected chi connectivity index (χ4v) is 4.13. The lowest BCUT2D eigenvalue weighted by atomic mass is 9.83. The number of rotatable bonds is 8. The van der Waals surface area contributed by atoms with Crippen LogP contribution >= 0.6 is 11.8 Å². The van der Waals surface area contributed by atoms with Crippen molar-refractivity contribution < 1.29 is 9.53 Å². The smallest absolute Gasteiger partial charge is 0.231 e. The van der Waals surface area contributed by atoms with E-state index >= 15 is 0 Å². The molecule has 1 aliphatic carbocycles. The fraction of sp³-hybridized carbons (Fsp3) is 0.524. The Labute approximate surface area is 181 Å². The van der Waals surface area contributed by atoms with E-state index in [1.54, 1.807) is 0 Å². The monoisotopic (exact) mass is 428 g/mol. The summed E-state index contributed by atoms with van der Waals surface area (Å²) in [5.41, 5.74) is 0.504. The molecule has 8 nitrogen and oxygen atoms in total. The second-order valence-corrected chi connectivity index (χ2v) is 8.82. The topological polar surface area (TPSA) is 119 Å². The van der Waals surface area contributed by atoms with Gasteiger partial charge in [0.15, 0.2) is 5.82 Å². The number of amides is 1. The number of carbonyl (C=O) groups is 1. The fourth-order valence-electron chi connectivity index (χ4n) is 3.45. The number of hydrogen-bond donors (Lipinski definition) is 2. The van der Waals surface area contributed by atoms with Crippen LogP contribution in [-0.2, 0) is 11.4 Å². The highest BCUT2D eigenvalue weighted by molar-refractivity contribution is 7.99. The van der Waals surface area contributed by atoms with Crippen LogP contribution < -0.4 is 15.9 Å². The van der Waals surface area contributed by atoms with Gasteiger partial charge in [0.25, 0.3) is 0 Å². The largest absolute Gasteiger partial charge is 0.486 e. The summed E-state index contributed by atoms with van der Waals surface area (Å²) in [5.74, 6) is 7.64. The van der Waals surface area contributed by atoms with Crippen molar-refractivity contribution in [2.24, 2.45) is 0 Å². The molecule has 1 aliphatic rings. The van der Waals surface area contributed by atoms with Gasteiger partial charge in [0.2, 0.25) is 11.1 Å². The van der Waals surface area contributed by atoms with Crippen LogP contribution in [0.4, 0.5) is 0 Å². The Bertz CT molecular complexity index is 897. The van der Waals surface area contributed by atoms with E-state index in [9.17, 15) is 10.1 Å². The van der Waals surface area contributed by atoms with Crippen molar-refractivity contribution in [3.05, 3.63) is 35.7 Å². The highest BCUT2D eigenvalue weighted by Gasteiger charge is 2.33. The minimum absolute atomic E-state index is 0.121. The standard InChI is InChI=1S/C21H28N6O2S/c1-15(2)16-6-8-17(9-7-16)29-12-18-25-26-20(27(18)23)30-13-19(28)24-21(14-22)10-4-3-5-11-21/h6-9,15H,3-5,10-13,23H2,1-2H3,(H,24,28). The summed E-state index contributed by atoms with van der Waals surface area (Å²) < 4.78 is 7.08. The third kappa shape index (κ3) is 5.45. The van der Waals surface area contributed by atoms with Gasteiger partial charge in [-0.3, -0.25) is 4.79 Å². The average molecular weight is 429 g/mol. The van der Waals surface area contributed by atoms with Gasteiger partial charge in [0.1, 0.15) is 17.9 Å². The molecule has 1 fully saturated rings. The Balaban J connectivity index is 1.51.